The van der Waals surface area contributed by atoms with Crippen molar-refractivity contribution in [1.29, 1.82) is 0 Å². The number of hydrogen-bond acceptors (Lipinski definition) is 3. The van der Waals surface area contributed by atoms with Crippen molar-refractivity contribution in [1.82, 2.24) is 5.32 Å². The molecule has 1 amide bonds. The third kappa shape index (κ3) is 3.79. The molecule has 0 atom stereocenters. The zero-order valence-electron chi connectivity index (χ0n) is 8.88. The molecule has 0 spiro atoms. The number of rotatable bonds is 6. The lowest BCUT2D eigenvalue weighted by molar-refractivity contribution is 0.113. The van der Waals surface area contributed by atoms with Crippen LogP contribution < -0.4 is 5.32 Å². The molecule has 82 valence electrons. The van der Waals surface area contributed by atoms with Gasteiger partial charge in [0.2, 0.25) is 0 Å². The zero-order valence-corrected chi connectivity index (χ0v) is 8.88. The largest absolute Gasteiger partial charge is 0.445 e. The Morgan fingerprint density at radius 1 is 1.57 bits per heavy atom. The highest BCUT2D eigenvalue weighted by molar-refractivity contribution is 5.68. The first-order valence-electron chi connectivity index (χ1n) is 4.80. The summed E-state index contributed by atoms with van der Waals surface area (Å²) in [6, 6.07) is 0. The van der Waals surface area contributed by atoms with Crippen LogP contribution in [0.3, 0.4) is 0 Å². The van der Waals surface area contributed by atoms with Gasteiger partial charge in [-0.2, -0.15) is 0 Å². The summed E-state index contributed by atoms with van der Waals surface area (Å²) < 4.78 is 4.77. The van der Waals surface area contributed by atoms with Crippen molar-refractivity contribution >= 4 is 6.09 Å². The number of alkyl carbamates (subject to hydrolysis) is 1. The molecular formula is C10H19NO3. The van der Waals surface area contributed by atoms with Gasteiger partial charge in [0, 0.05) is 0 Å². The van der Waals surface area contributed by atoms with E-state index >= 15 is 0 Å². The Morgan fingerprint density at radius 2 is 2.14 bits per heavy atom. The van der Waals surface area contributed by atoms with Crippen LogP contribution in [-0.4, -0.2) is 30.0 Å². The molecule has 0 bridgehead atoms. The summed E-state index contributed by atoms with van der Waals surface area (Å²) in [5, 5.41) is 11.8. The van der Waals surface area contributed by atoms with Gasteiger partial charge in [-0.05, 0) is 12.8 Å². The fraction of sp³-hybridized carbons (Fsp3) is 0.700. The quantitative estimate of drug-likeness (QED) is 0.639. The summed E-state index contributed by atoms with van der Waals surface area (Å²) >= 11 is 0. The van der Waals surface area contributed by atoms with Crippen molar-refractivity contribution in [2.24, 2.45) is 0 Å². The summed E-state index contributed by atoms with van der Waals surface area (Å²) in [6.45, 7) is 7.36. The first-order chi connectivity index (χ1) is 6.64. The number of ether oxygens (including phenoxy) is 1. The lowest BCUT2D eigenvalue weighted by atomic mass is 9.94. The van der Waals surface area contributed by atoms with Crippen LogP contribution in [0.2, 0.25) is 0 Å². The number of aliphatic hydroxyl groups excluding tert-OH is 1. The topological polar surface area (TPSA) is 58.6 Å². The summed E-state index contributed by atoms with van der Waals surface area (Å²) in [5.41, 5.74) is -0.557. The molecule has 14 heavy (non-hydrogen) atoms. The molecule has 0 aromatic rings. The fourth-order valence-corrected chi connectivity index (χ4v) is 1.08. The third-order valence-electron chi connectivity index (χ3n) is 2.36. The van der Waals surface area contributed by atoms with E-state index in [1.165, 1.54) is 6.08 Å². The predicted octanol–water partition coefficient (Wildman–Crippen LogP) is 1.45. The molecule has 0 saturated heterocycles. The molecule has 0 unspecified atom stereocenters. The SMILES string of the molecule is C=CCOC(=O)NC(CC)(CC)CO. The van der Waals surface area contributed by atoms with E-state index in [1.54, 1.807) is 0 Å². The minimum atomic E-state index is -0.557. The third-order valence-corrected chi connectivity index (χ3v) is 2.36. The second kappa shape index (κ2) is 6.43. The predicted molar refractivity (Wildman–Crippen MR) is 55.1 cm³/mol. The maximum Gasteiger partial charge on any atom is 0.407 e. The molecule has 2 N–H and O–H groups in total. The van der Waals surface area contributed by atoms with Gasteiger partial charge < -0.3 is 15.2 Å². The van der Waals surface area contributed by atoms with E-state index in [0.717, 1.165) is 0 Å². The van der Waals surface area contributed by atoms with Crippen molar-refractivity contribution in [2.45, 2.75) is 32.2 Å². The Bertz CT molecular complexity index is 180. The standard InChI is InChI=1S/C10H19NO3/c1-4-7-14-9(13)11-10(5-2,6-3)8-12/h4,12H,1,5-8H2,2-3H3,(H,11,13). The first-order valence-corrected chi connectivity index (χ1v) is 4.80. The molecule has 0 radical (unpaired) electrons. The van der Waals surface area contributed by atoms with Crippen LogP contribution in [0.1, 0.15) is 26.7 Å². The van der Waals surface area contributed by atoms with E-state index in [0.29, 0.717) is 12.8 Å². The molecule has 0 aromatic carbocycles. The van der Waals surface area contributed by atoms with Gasteiger partial charge in [-0.15, -0.1) is 0 Å². The van der Waals surface area contributed by atoms with Gasteiger partial charge in [0.1, 0.15) is 6.61 Å². The minimum Gasteiger partial charge on any atom is -0.445 e. The van der Waals surface area contributed by atoms with Gasteiger partial charge in [-0.1, -0.05) is 26.5 Å². The lowest BCUT2D eigenvalue weighted by Crippen LogP contribution is -2.50. The van der Waals surface area contributed by atoms with Crippen molar-refractivity contribution < 1.29 is 14.6 Å². The maximum atomic E-state index is 11.2. The number of amides is 1. The van der Waals surface area contributed by atoms with Gasteiger partial charge in [0.15, 0.2) is 0 Å². The van der Waals surface area contributed by atoms with Crippen molar-refractivity contribution in [2.75, 3.05) is 13.2 Å². The van der Waals surface area contributed by atoms with Crippen LogP contribution >= 0.6 is 0 Å². The second-order valence-corrected chi connectivity index (χ2v) is 3.16. The molecule has 0 aliphatic rings. The summed E-state index contributed by atoms with van der Waals surface area (Å²) in [5.74, 6) is 0. The highest BCUT2D eigenvalue weighted by Gasteiger charge is 2.27. The Kier molecular flexibility index (Phi) is 5.95. The van der Waals surface area contributed by atoms with E-state index in [1.807, 2.05) is 13.8 Å². The van der Waals surface area contributed by atoms with Crippen molar-refractivity contribution in [3.8, 4) is 0 Å². The van der Waals surface area contributed by atoms with Gasteiger partial charge in [-0.3, -0.25) is 0 Å². The Balaban J connectivity index is 4.14. The number of nitrogens with one attached hydrogen (secondary N) is 1. The van der Waals surface area contributed by atoms with Crippen molar-refractivity contribution in [3.63, 3.8) is 0 Å². The molecule has 0 fully saturated rings. The van der Waals surface area contributed by atoms with Crippen molar-refractivity contribution in [3.05, 3.63) is 12.7 Å². The number of hydrogen-bond donors (Lipinski definition) is 2. The van der Waals surface area contributed by atoms with Gasteiger partial charge in [-0.25, -0.2) is 4.79 Å². The molecule has 0 heterocycles. The number of aliphatic hydroxyl groups is 1. The maximum absolute atomic E-state index is 11.2. The van der Waals surface area contributed by atoms with E-state index in [9.17, 15) is 4.79 Å². The second-order valence-electron chi connectivity index (χ2n) is 3.16. The first kappa shape index (κ1) is 13.0. The highest BCUT2D eigenvalue weighted by Crippen LogP contribution is 2.13. The van der Waals surface area contributed by atoms with Crippen LogP contribution in [0.4, 0.5) is 4.79 Å². The molecule has 4 nitrogen and oxygen atoms in total. The van der Waals surface area contributed by atoms with Gasteiger partial charge in [0.25, 0.3) is 0 Å². The highest BCUT2D eigenvalue weighted by atomic mass is 16.5. The van der Waals surface area contributed by atoms with Crippen LogP contribution in [0.15, 0.2) is 12.7 Å². The van der Waals surface area contributed by atoms with E-state index < -0.39 is 11.6 Å². The fourth-order valence-electron chi connectivity index (χ4n) is 1.08. The summed E-state index contributed by atoms with van der Waals surface area (Å²) in [7, 11) is 0. The van der Waals surface area contributed by atoms with Crippen LogP contribution in [0.5, 0.6) is 0 Å². The molecule has 0 aromatic heterocycles. The summed E-state index contributed by atoms with van der Waals surface area (Å²) in [6.07, 6.45) is 2.33. The molecular weight excluding hydrogens is 182 g/mol. The Labute approximate surface area is 85.0 Å². The van der Waals surface area contributed by atoms with Crippen LogP contribution in [0, 0.1) is 0 Å². The Morgan fingerprint density at radius 3 is 2.50 bits per heavy atom. The lowest BCUT2D eigenvalue weighted by Gasteiger charge is -2.29. The minimum absolute atomic E-state index is 0.0802. The smallest absolute Gasteiger partial charge is 0.407 e. The van der Waals surface area contributed by atoms with E-state index in [2.05, 4.69) is 11.9 Å². The molecule has 4 heteroatoms. The zero-order chi connectivity index (χ0) is 11.0. The van der Waals surface area contributed by atoms with E-state index in [4.69, 9.17) is 9.84 Å². The number of carbonyl (C=O) groups is 1. The Hall–Kier alpha value is -1.03. The van der Waals surface area contributed by atoms with E-state index in [-0.39, 0.29) is 13.2 Å². The van der Waals surface area contributed by atoms with Crippen LogP contribution in [-0.2, 0) is 4.74 Å². The van der Waals surface area contributed by atoms with Gasteiger partial charge in [0.05, 0.1) is 12.1 Å². The number of carbonyl (C=O) groups excluding carboxylic acids is 1. The average molecular weight is 201 g/mol. The molecule has 0 aliphatic carbocycles. The normalized spacial score (nSPS) is 10.8. The van der Waals surface area contributed by atoms with Crippen LogP contribution in [0.25, 0.3) is 0 Å². The summed E-state index contributed by atoms with van der Waals surface area (Å²) in [4.78, 5) is 11.2. The molecule has 0 aliphatic heterocycles. The van der Waals surface area contributed by atoms with Gasteiger partial charge >= 0.3 is 6.09 Å². The molecule has 0 saturated carbocycles. The average Bonchev–Trinajstić information content (AvgIpc) is 2.23. The monoisotopic (exact) mass is 201 g/mol. The molecule has 0 rings (SSSR count).